The number of benzene rings is 1. The summed E-state index contributed by atoms with van der Waals surface area (Å²) in [5, 5.41) is 0. The molecule has 0 aromatic heterocycles. The number of sulfone groups is 1. The molecule has 2 unspecified atom stereocenters. The number of aliphatic imine (C=N–C) groups is 1. The van der Waals surface area contributed by atoms with E-state index in [2.05, 4.69) is 4.99 Å². The Hall–Kier alpha value is -2.66. The molecule has 10 nitrogen and oxygen atoms in total. The molecular formula is C19H29N5O5S. The van der Waals surface area contributed by atoms with Crippen molar-refractivity contribution in [3.8, 4) is 0 Å². The van der Waals surface area contributed by atoms with E-state index in [0.717, 1.165) is 6.26 Å². The molecule has 1 amide bonds. The zero-order valence-electron chi connectivity index (χ0n) is 17.6. The van der Waals surface area contributed by atoms with Crippen LogP contribution in [0.15, 0.2) is 28.1 Å². The van der Waals surface area contributed by atoms with Crippen LogP contribution in [-0.2, 0) is 19.4 Å². The van der Waals surface area contributed by atoms with Gasteiger partial charge in [-0.25, -0.2) is 8.42 Å². The van der Waals surface area contributed by atoms with E-state index < -0.39 is 39.4 Å². The third kappa shape index (κ3) is 5.70. The number of rotatable bonds is 4. The second-order valence-electron chi connectivity index (χ2n) is 8.28. The SMILES string of the molecule is CC(C)(C)OC(=O)C1CCN(c2c(C(=O)N=C(N)N)cccc2S(C)(=O)=O)C(N)C1. The van der Waals surface area contributed by atoms with E-state index in [1.54, 1.807) is 25.7 Å². The summed E-state index contributed by atoms with van der Waals surface area (Å²) >= 11 is 0. The second-order valence-corrected chi connectivity index (χ2v) is 10.3. The van der Waals surface area contributed by atoms with Crippen LogP contribution in [0, 0.1) is 5.92 Å². The summed E-state index contributed by atoms with van der Waals surface area (Å²) in [6.07, 6.45) is 0.948. The third-order valence-electron chi connectivity index (χ3n) is 4.53. The van der Waals surface area contributed by atoms with Gasteiger partial charge >= 0.3 is 5.97 Å². The number of hydrogen-bond acceptors (Lipinski definition) is 7. The number of para-hydroxylation sites is 1. The normalized spacial score (nSPS) is 19.8. The predicted octanol–water partition coefficient (Wildman–Crippen LogP) is 0.347. The van der Waals surface area contributed by atoms with E-state index in [4.69, 9.17) is 21.9 Å². The van der Waals surface area contributed by atoms with Gasteiger partial charge in [-0.2, -0.15) is 4.99 Å². The van der Waals surface area contributed by atoms with Gasteiger partial charge in [0.15, 0.2) is 15.8 Å². The van der Waals surface area contributed by atoms with Gasteiger partial charge in [0.1, 0.15) is 5.60 Å². The van der Waals surface area contributed by atoms with Gasteiger partial charge in [-0.3, -0.25) is 9.59 Å². The fourth-order valence-electron chi connectivity index (χ4n) is 3.34. The summed E-state index contributed by atoms with van der Waals surface area (Å²) < 4.78 is 30.2. The van der Waals surface area contributed by atoms with Crippen LogP contribution in [0.25, 0.3) is 0 Å². The molecule has 1 saturated heterocycles. The third-order valence-corrected chi connectivity index (χ3v) is 5.66. The Balaban J connectivity index is 2.45. The Kier molecular flexibility index (Phi) is 6.77. The molecule has 1 aliphatic heterocycles. The molecule has 2 atom stereocenters. The molecule has 2 rings (SSSR count). The minimum atomic E-state index is -3.70. The van der Waals surface area contributed by atoms with Gasteiger partial charge in [-0.15, -0.1) is 0 Å². The van der Waals surface area contributed by atoms with Gasteiger partial charge in [-0.05, 0) is 45.7 Å². The van der Waals surface area contributed by atoms with Crippen LogP contribution in [0.5, 0.6) is 0 Å². The zero-order chi connectivity index (χ0) is 22.9. The number of nitrogens with zero attached hydrogens (tertiary/aromatic N) is 2. The van der Waals surface area contributed by atoms with Crippen LogP contribution in [0.3, 0.4) is 0 Å². The maximum absolute atomic E-state index is 12.5. The zero-order valence-corrected chi connectivity index (χ0v) is 18.4. The van der Waals surface area contributed by atoms with Crippen molar-refractivity contribution in [1.82, 2.24) is 0 Å². The molecule has 0 bridgehead atoms. The predicted molar refractivity (Wildman–Crippen MR) is 114 cm³/mol. The summed E-state index contributed by atoms with van der Waals surface area (Å²) in [6.45, 7) is 5.59. The molecule has 11 heteroatoms. The van der Waals surface area contributed by atoms with Crippen LogP contribution in [0.1, 0.15) is 44.0 Å². The molecule has 1 fully saturated rings. The van der Waals surface area contributed by atoms with E-state index in [0.29, 0.717) is 6.42 Å². The number of amides is 1. The number of carbonyl (C=O) groups excluding carboxylic acids is 2. The van der Waals surface area contributed by atoms with Gasteiger partial charge in [0.05, 0.1) is 28.2 Å². The average Bonchev–Trinajstić information content (AvgIpc) is 2.58. The molecule has 0 radical (unpaired) electrons. The van der Waals surface area contributed by atoms with Crippen LogP contribution >= 0.6 is 0 Å². The highest BCUT2D eigenvalue weighted by molar-refractivity contribution is 7.90. The molecule has 1 aromatic rings. The Morgan fingerprint density at radius 1 is 1.23 bits per heavy atom. The summed E-state index contributed by atoms with van der Waals surface area (Å²) in [7, 11) is -3.70. The van der Waals surface area contributed by atoms with Crippen LogP contribution < -0.4 is 22.1 Å². The monoisotopic (exact) mass is 439 g/mol. The smallest absolute Gasteiger partial charge is 0.309 e. The highest BCUT2D eigenvalue weighted by Crippen LogP contribution is 2.35. The number of carbonyl (C=O) groups is 2. The number of hydrogen-bond donors (Lipinski definition) is 3. The number of nitrogens with two attached hydrogens (primary N) is 3. The lowest BCUT2D eigenvalue weighted by Crippen LogP contribution is -2.51. The Bertz CT molecular complexity index is 964. The van der Waals surface area contributed by atoms with Crippen LogP contribution in [0.4, 0.5) is 5.69 Å². The summed E-state index contributed by atoms with van der Waals surface area (Å²) in [6, 6.07) is 4.27. The average molecular weight is 440 g/mol. The summed E-state index contributed by atoms with van der Waals surface area (Å²) in [5.74, 6) is -2.01. The molecule has 1 aliphatic rings. The fraction of sp³-hybridized carbons (Fsp3) is 0.526. The molecule has 6 N–H and O–H groups in total. The standard InChI is InChI=1S/C19H29N5O5S/c1-19(2,3)29-17(26)11-8-9-24(14(20)10-11)15-12(16(25)23-18(21)22)6-5-7-13(15)30(4,27)28/h5-7,11,14H,8-10,20H2,1-4H3,(H4,21,22,23,25). The first kappa shape index (κ1) is 23.6. The number of esters is 1. The molecular weight excluding hydrogens is 410 g/mol. The van der Waals surface area contributed by atoms with Crippen LogP contribution in [-0.4, -0.2) is 50.8 Å². The van der Waals surface area contributed by atoms with Crippen molar-refractivity contribution in [2.75, 3.05) is 17.7 Å². The van der Waals surface area contributed by atoms with Gasteiger partial charge < -0.3 is 26.8 Å². The molecule has 0 saturated carbocycles. The first-order valence-corrected chi connectivity index (χ1v) is 11.3. The molecule has 0 spiro atoms. The first-order valence-electron chi connectivity index (χ1n) is 9.43. The summed E-state index contributed by atoms with van der Waals surface area (Å²) in [4.78, 5) is 30.1. The molecule has 0 aliphatic carbocycles. The number of anilines is 1. The quantitative estimate of drug-likeness (QED) is 0.340. The Labute approximate surface area is 176 Å². The highest BCUT2D eigenvalue weighted by atomic mass is 32.2. The fourth-order valence-corrected chi connectivity index (χ4v) is 4.25. The Morgan fingerprint density at radius 3 is 2.37 bits per heavy atom. The minimum Gasteiger partial charge on any atom is -0.460 e. The van der Waals surface area contributed by atoms with Crippen LogP contribution in [0.2, 0.25) is 0 Å². The van der Waals surface area contributed by atoms with Gasteiger partial charge in [0.25, 0.3) is 5.91 Å². The molecule has 1 aromatic carbocycles. The van der Waals surface area contributed by atoms with E-state index in [9.17, 15) is 18.0 Å². The minimum absolute atomic E-state index is 0.0116. The lowest BCUT2D eigenvalue weighted by Gasteiger charge is -2.40. The lowest BCUT2D eigenvalue weighted by atomic mass is 9.93. The maximum atomic E-state index is 12.5. The molecule has 1 heterocycles. The largest absolute Gasteiger partial charge is 0.460 e. The van der Waals surface area contributed by atoms with Crippen molar-refractivity contribution < 1.29 is 22.7 Å². The lowest BCUT2D eigenvalue weighted by molar-refractivity contribution is -0.161. The second kappa shape index (κ2) is 8.60. The van der Waals surface area contributed by atoms with Crippen molar-refractivity contribution in [2.24, 2.45) is 28.1 Å². The van der Waals surface area contributed by atoms with Crippen molar-refractivity contribution in [3.05, 3.63) is 23.8 Å². The number of ether oxygens (including phenoxy) is 1. The van der Waals surface area contributed by atoms with E-state index in [-0.39, 0.29) is 35.1 Å². The number of piperidine rings is 1. The van der Waals surface area contributed by atoms with E-state index in [1.165, 1.54) is 18.2 Å². The van der Waals surface area contributed by atoms with Gasteiger partial charge in [0.2, 0.25) is 0 Å². The van der Waals surface area contributed by atoms with Gasteiger partial charge in [0, 0.05) is 12.8 Å². The molecule has 30 heavy (non-hydrogen) atoms. The van der Waals surface area contributed by atoms with Crippen molar-refractivity contribution in [1.29, 1.82) is 0 Å². The van der Waals surface area contributed by atoms with E-state index in [1.807, 2.05) is 0 Å². The van der Waals surface area contributed by atoms with Gasteiger partial charge in [-0.1, -0.05) is 6.07 Å². The molecule has 166 valence electrons. The van der Waals surface area contributed by atoms with Crippen molar-refractivity contribution >= 4 is 33.4 Å². The van der Waals surface area contributed by atoms with E-state index >= 15 is 0 Å². The van der Waals surface area contributed by atoms with Crippen molar-refractivity contribution in [3.63, 3.8) is 0 Å². The first-order chi connectivity index (χ1) is 13.7. The topological polar surface area (TPSA) is 171 Å². The Morgan fingerprint density at radius 2 is 1.87 bits per heavy atom. The van der Waals surface area contributed by atoms with Crippen molar-refractivity contribution in [2.45, 2.75) is 50.3 Å². The number of guanidine groups is 1. The highest BCUT2D eigenvalue weighted by Gasteiger charge is 2.36. The summed E-state index contributed by atoms with van der Waals surface area (Å²) in [5.41, 5.74) is 16.5. The maximum Gasteiger partial charge on any atom is 0.309 e.